The first-order chi connectivity index (χ1) is 12.4. The number of rotatable bonds is 4. The third-order valence-corrected chi connectivity index (χ3v) is 4.31. The summed E-state index contributed by atoms with van der Waals surface area (Å²) in [6.45, 7) is 3.88. The molecule has 132 valence electrons. The second-order valence-corrected chi connectivity index (χ2v) is 7.15. The smallest absolute Gasteiger partial charge is 0.244 e. The Bertz CT molecular complexity index is 1080. The van der Waals surface area contributed by atoms with Crippen LogP contribution in [0.4, 0.5) is 0 Å². The molecule has 0 atom stereocenters. The Kier molecular flexibility index (Phi) is 3.85. The molecule has 0 bridgehead atoms. The Morgan fingerprint density at radius 3 is 2.65 bits per heavy atom. The second kappa shape index (κ2) is 6.07. The molecule has 0 aliphatic heterocycles. The number of imidazole rings is 1. The van der Waals surface area contributed by atoms with Crippen LogP contribution < -0.4 is 4.73 Å². The van der Waals surface area contributed by atoms with Crippen molar-refractivity contribution in [3.05, 3.63) is 71.5 Å². The lowest BCUT2D eigenvalue weighted by Gasteiger charge is -2.20. The van der Waals surface area contributed by atoms with Crippen molar-refractivity contribution in [2.24, 2.45) is 0 Å². The number of nitrogens with zero attached hydrogens (tertiary/aromatic N) is 4. The first kappa shape index (κ1) is 16.5. The lowest BCUT2D eigenvalue weighted by molar-refractivity contribution is -0.575. The molecule has 6 nitrogen and oxygen atoms in total. The van der Waals surface area contributed by atoms with E-state index in [1.807, 2.05) is 34.9 Å². The summed E-state index contributed by atoms with van der Waals surface area (Å²) in [5, 5.41) is 22.8. The van der Waals surface area contributed by atoms with Crippen LogP contribution in [0.3, 0.4) is 0 Å². The lowest BCUT2D eigenvalue weighted by Crippen LogP contribution is -2.28. The zero-order chi connectivity index (χ0) is 18.3. The topological polar surface area (TPSA) is 77.9 Å². The number of hydrogen-bond donors (Lipinski definition) is 1. The van der Waals surface area contributed by atoms with Gasteiger partial charge in [-0.05, 0) is 25.5 Å². The standard InChI is InChI=1S/C20H20N4O2/c1-20(2,25)13-23-17(11-14-7-4-3-5-8-14)22-15-12-24(26)16-9-6-10-21-18(16)19(15)23/h3-10,12,25H,11,13H2,1-2H3. The van der Waals surface area contributed by atoms with Crippen molar-refractivity contribution < 1.29 is 9.84 Å². The minimum atomic E-state index is -0.927. The molecule has 0 saturated heterocycles. The zero-order valence-corrected chi connectivity index (χ0v) is 14.8. The quantitative estimate of drug-likeness (QED) is 0.454. The first-order valence-corrected chi connectivity index (χ1v) is 8.55. The van der Waals surface area contributed by atoms with Crippen LogP contribution in [0.1, 0.15) is 25.2 Å². The van der Waals surface area contributed by atoms with Gasteiger partial charge in [-0.25, -0.2) is 9.97 Å². The maximum atomic E-state index is 12.3. The van der Waals surface area contributed by atoms with Gasteiger partial charge in [-0.3, -0.25) is 0 Å². The predicted octanol–water partition coefficient (Wildman–Crippen LogP) is 2.58. The van der Waals surface area contributed by atoms with Gasteiger partial charge in [0.2, 0.25) is 11.7 Å². The van der Waals surface area contributed by atoms with Gasteiger partial charge in [-0.2, -0.15) is 4.73 Å². The van der Waals surface area contributed by atoms with Crippen LogP contribution in [0.25, 0.3) is 22.1 Å². The van der Waals surface area contributed by atoms with Crippen molar-refractivity contribution >= 4 is 22.1 Å². The average molecular weight is 348 g/mol. The summed E-state index contributed by atoms with van der Waals surface area (Å²) >= 11 is 0. The molecule has 0 saturated carbocycles. The van der Waals surface area contributed by atoms with Crippen LogP contribution in [-0.4, -0.2) is 25.2 Å². The molecule has 0 fully saturated rings. The highest BCUT2D eigenvalue weighted by Gasteiger charge is 2.23. The van der Waals surface area contributed by atoms with Crippen LogP contribution in [0.5, 0.6) is 0 Å². The molecular formula is C20H20N4O2. The van der Waals surface area contributed by atoms with Crippen molar-refractivity contribution in [2.45, 2.75) is 32.4 Å². The van der Waals surface area contributed by atoms with Gasteiger partial charge < -0.3 is 14.9 Å². The Balaban J connectivity index is 1.99. The summed E-state index contributed by atoms with van der Waals surface area (Å²) in [5.41, 5.74) is 2.64. The first-order valence-electron chi connectivity index (χ1n) is 8.55. The van der Waals surface area contributed by atoms with E-state index in [0.717, 1.165) is 21.6 Å². The van der Waals surface area contributed by atoms with E-state index >= 15 is 0 Å². The third kappa shape index (κ3) is 2.99. The van der Waals surface area contributed by atoms with Gasteiger partial charge in [-0.1, -0.05) is 30.3 Å². The molecule has 0 aliphatic carbocycles. The molecule has 3 aromatic heterocycles. The van der Waals surface area contributed by atoms with E-state index in [1.165, 1.54) is 6.20 Å². The molecule has 1 aromatic carbocycles. The second-order valence-electron chi connectivity index (χ2n) is 7.15. The summed E-state index contributed by atoms with van der Waals surface area (Å²) in [4.78, 5) is 9.11. The van der Waals surface area contributed by atoms with Crippen molar-refractivity contribution in [3.63, 3.8) is 0 Å². The number of fused-ring (bicyclic) bond motifs is 3. The van der Waals surface area contributed by atoms with Gasteiger partial charge >= 0.3 is 0 Å². The van der Waals surface area contributed by atoms with Crippen molar-refractivity contribution in [1.82, 2.24) is 14.5 Å². The van der Waals surface area contributed by atoms with E-state index in [2.05, 4.69) is 4.98 Å². The predicted molar refractivity (Wildman–Crippen MR) is 99.5 cm³/mol. The van der Waals surface area contributed by atoms with Crippen LogP contribution in [-0.2, 0) is 13.0 Å². The number of benzene rings is 1. The summed E-state index contributed by atoms with van der Waals surface area (Å²) in [5.74, 6) is 0.798. The summed E-state index contributed by atoms with van der Waals surface area (Å²) in [7, 11) is 0. The molecule has 0 radical (unpaired) electrons. The van der Waals surface area contributed by atoms with E-state index in [0.29, 0.717) is 29.5 Å². The van der Waals surface area contributed by atoms with E-state index in [9.17, 15) is 10.3 Å². The van der Waals surface area contributed by atoms with Gasteiger partial charge in [0.25, 0.3) is 0 Å². The van der Waals surface area contributed by atoms with Gasteiger partial charge in [0, 0.05) is 18.7 Å². The van der Waals surface area contributed by atoms with Crippen molar-refractivity contribution in [3.8, 4) is 0 Å². The fourth-order valence-corrected chi connectivity index (χ4v) is 3.27. The van der Waals surface area contributed by atoms with E-state index in [1.54, 1.807) is 32.2 Å². The van der Waals surface area contributed by atoms with Gasteiger partial charge in [0.05, 0.1) is 12.1 Å². The lowest BCUT2D eigenvalue weighted by atomic mass is 10.1. The Morgan fingerprint density at radius 1 is 1.15 bits per heavy atom. The SMILES string of the molecule is CC(C)(O)Cn1c(Cc2ccccc2)nc2c[n+]([O-])c3cccnc3c21. The fourth-order valence-electron chi connectivity index (χ4n) is 3.27. The Hall–Kier alpha value is -2.99. The van der Waals surface area contributed by atoms with Crippen molar-refractivity contribution in [1.29, 1.82) is 0 Å². The Labute approximate surface area is 151 Å². The van der Waals surface area contributed by atoms with Gasteiger partial charge in [0.1, 0.15) is 11.3 Å². The maximum Gasteiger partial charge on any atom is 0.244 e. The van der Waals surface area contributed by atoms with Crippen LogP contribution in [0, 0.1) is 5.21 Å². The summed E-state index contributed by atoms with van der Waals surface area (Å²) in [6, 6.07) is 13.5. The van der Waals surface area contributed by atoms with Gasteiger partial charge in [0.15, 0.2) is 11.0 Å². The number of hydrogen-bond acceptors (Lipinski definition) is 4. The normalized spacial score (nSPS) is 12.1. The van der Waals surface area contributed by atoms with Crippen molar-refractivity contribution in [2.75, 3.05) is 0 Å². The minimum Gasteiger partial charge on any atom is -0.618 e. The molecular weight excluding hydrogens is 328 g/mol. The monoisotopic (exact) mass is 348 g/mol. The molecule has 0 unspecified atom stereocenters. The molecule has 4 aromatic rings. The van der Waals surface area contributed by atoms with Gasteiger partial charge in [-0.15, -0.1) is 0 Å². The highest BCUT2D eigenvalue weighted by molar-refractivity contribution is 5.97. The van der Waals surface area contributed by atoms with E-state index in [4.69, 9.17) is 4.98 Å². The van der Waals surface area contributed by atoms with E-state index < -0.39 is 5.60 Å². The number of aliphatic hydroxyl groups is 1. The number of pyridine rings is 2. The Morgan fingerprint density at radius 2 is 1.92 bits per heavy atom. The minimum absolute atomic E-state index is 0.361. The zero-order valence-electron chi connectivity index (χ0n) is 14.8. The molecule has 4 rings (SSSR count). The molecule has 1 N–H and O–H groups in total. The van der Waals surface area contributed by atoms with Crippen LogP contribution in [0.15, 0.2) is 54.9 Å². The highest BCUT2D eigenvalue weighted by Crippen LogP contribution is 2.25. The third-order valence-electron chi connectivity index (χ3n) is 4.31. The average Bonchev–Trinajstić information content (AvgIpc) is 2.91. The molecule has 0 amide bonds. The molecule has 0 aliphatic rings. The summed E-state index contributed by atoms with van der Waals surface area (Å²) < 4.78 is 2.79. The molecule has 6 heteroatoms. The van der Waals surface area contributed by atoms with Crippen LogP contribution >= 0.6 is 0 Å². The largest absolute Gasteiger partial charge is 0.618 e. The molecule has 26 heavy (non-hydrogen) atoms. The molecule has 3 heterocycles. The van der Waals surface area contributed by atoms with E-state index in [-0.39, 0.29) is 0 Å². The fraction of sp³-hybridized carbons (Fsp3) is 0.250. The maximum absolute atomic E-state index is 12.3. The molecule has 0 spiro atoms. The highest BCUT2D eigenvalue weighted by atomic mass is 16.5. The summed E-state index contributed by atoms with van der Waals surface area (Å²) in [6.07, 6.45) is 3.76. The number of aromatic nitrogens is 4. The van der Waals surface area contributed by atoms with Crippen LogP contribution in [0.2, 0.25) is 0 Å².